The molecule has 2 rings (SSSR count). The SMILES string of the molecule is COc1ccc(CC2CCSCC2)nn1. The summed E-state index contributed by atoms with van der Waals surface area (Å²) in [6, 6.07) is 3.91. The van der Waals surface area contributed by atoms with Gasteiger partial charge in [0.25, 0.3) is 0 Å². The van der Waals surface area contributed by atoms with E-state index >= 15 is 0 Å². The highest BCUT2D eigenvalue weighted by molar-refractivity contribution is 7.99. The van der Waals surface area contributed by atoms with Gasteiger partial charge in [-0.2, -0.15) is 16.9 Å². The zero-order chi connectivity index (χ0) is 10.5. The van der Waals surface area contributed by atoms with Crippen LogP contribution in [0.3, 0.4) is 0 Å². The average Bonchev–Trinajstić information content (AvgIpc) is 2.31. The molecular weight excluding hydrogens is 208 g/mol. The first kappa shape index (κ1) is 10.7. The molecule has 0 atom stereocenters. The van der Waals surface area contributed by atoms with Crippen LogP contribution in [0.15, 0.2) is 12.1 Å². The summed E-state index contributed by atoms with van der Waals surface area (Å²) in [5.74, 6) is 3.99. The number of nitrogens with zero attached hydrogens (tertiary/aromatic N) is 2. The third kappa shape index (κ3) is 3.09. The molecule has 0 saturated carbocycles. The largest absolute Gasteiger partial charge is 0.480 e. The van der Waals surface area contributed by atoms with Gasteiger partial charge >= 0.3 is 0 Å². The molecule has 1 aliphatic rings. The predicted molar refractivity (Wildman–Crippen MR) is 62.3 cm³/mol. The van der Waals surface area contributed by atoms with E-state index in [0.717, 1.165) is 18.0 Å². The number of hydrogen-bond donors (Lipinski definition) is 0. The minimum absolute atomic E-state index is 0.595. The van der Waals surface area contributed by atoms with Crippen molar-refractivity contribution in [2.24, 2.45) is 5.92 Å². The summed E-state index contributed by atoms with van der Waals surface area (Å²) in [6.45, 7) is 0. The Kier molecular flexibility index (Phi) is 3.83. The molecule has 2 heterocycles. The lowest BCUT2D eigenvalue weighted by molar-refractivity contribution is 0.389. The van der Waals surface area contributed by atoms with Crippen molar-refractivity contribution in [3.8, 4) is 5.88 Å². The van der Waals surface area contributed by atoms with Crippen molar-refractivity contribution in [3.63, 3.8) is 0 Å². The van der Waals surface area contributed by atoms with Gasteiger partial charge in [0.1, 0.15) is 0 Å². The van der Waals surface area contributed by atoms with Crippen LogP contribution >= 0.6 is 11.8 Å². The van der Waals surface area contributed by atoms with Gasteiger partial charge in [0.15, 0.2) is 0 Å². The Morgan fingerprint density at radius 1 is 1.33 bits per heavy atom. The number of hydrogen-bond acceptors (Lipinski definition) is 4. The molecule has 0 unspecified atom stereocenters. The third-order valence-electron chi connectivity index (χ3n) is 2.74. The van der Waals surface area contributed by atoms with E-state index in [-0.39, 0.29) is 0 Å². The van der Waals surface area contributed by atoms with Gasteiger partial charge in [-0.3, -0.25) is 0 Å². The van der Waals surface area contributed by atoms with Gasteiger partial charge in [0, 0.05) is 6.07 Å². The molecule has 1 aromatic heterocycles. The van der Waals surface area contributed by atoms with E-state index in [1.54, 1.807) is 7.11 Å². The van der Waals surface area contributed by atoms with Crippen LogP contribution in [0.2, 0.25) is 0 Å². The van der Waals surface area contributed by atoms with Gasteiger partial charge in [-0.15, -0.1) is 5.10 Å². The molecule has 15 heavy (non-hydrogen) atoms. The van der Waals surface area contributed by atoms with Gasteiger partial charge < -0.3 is 4.74 Å². The maximum Gasteiger partial charge on any atom is 0.233 e. The minimum Gasteiger partial charge on any atom is -0.480 e. The fourth-order valence-corrected chi connectivity index (χ4v) is 3.02. The summed E-state index contributed by atoms with van der Waals surface area (Å²) in [6.07, 6.45) is 3.70. The highest BCUT2D eigenvalue weighted by Gasteiger charge is 2.14. The van der Waals surface area contributed by atoms with E-state index in [9.17, 15) is 0 Å². The Morgan fingerprint density at radius 2 is 2.13 bits per heavy atom. The van der Waals surface area contributed by atoms with Crippen LogP contribution in [0.4, 0.5) is 0 Å². The van der Waals surface area contributed by atoms with E-state index < -0.39 is 0 Å². The van der Waals surface area contributed by atoms with Crippen molar-refractivity contribution in [3.05, 3.63) is 17.8 Å². The van der Waals surface area contributed by atoms with Gasteiger partial charge in [0.05, 0.1) is 12.8 Å². The summed E-state index contributed by atoms with van der Waals surface area (Å²) in [5.41, 5.74) is 1.09. The first-order valence-corrected chi connectivity index (χ1v) is 6.48. The molecule has 1 saturated heterocycles. The van der Waals surface area contributed by atoms with E-state index in [4.69, 9.17) is 4.74 Å². The molecular formula is C11H16N2OS. The van der Waals surface area contributed by atoms with Crippen LogP contribution in [0.5, 0.6) is 5.88 Å². The Balaban J connectivity index is 1.91. The van der Waals surface area contributed by atoms with Gasteiger partial charge in [-0.1, -0.05) is 0 Å². The molecule has 0 N–H and O–H groups in total. The van der Waals surface area contributed by atoms with Gasteiger partial charge in [-0.25, -0.2) is 0 Å². The summed E-state index contributed by atoms with van der Waals surface area (Å²) in [7, 11) is 1.61. The van der Waals surface area contributed by atoms with E-state index in [1.807, 2.05) is 12.1 Å². The topological polar surface area (TPSA) is 35.0 Å². The quantitative estimate of drug-likeness (QED) is 0.788. The fourth-order valence-electron chi connectivity index (χ4n) is 1.81. The molecule has 0 radical (unpaired) electrons. The number of thioether (sulfide) groups is 1. The fraction of sp³-hybridized carbons (Fsp3) is 0.636. The number of rotatable bonds is 3. The lowest BCUT2D eigenvalue weighted by Gasteiger charge is -2.20. The first-order valence-electron chi connectivity index (χ1n) is 5.33. The first-order chi connectivity index (χ1) is 7.38. The van der Waals surface area contributed by atoms with E-state index in [0.29, 0.717) is 5.88 Å². The van der Waals surface area contributed by atoms with Crippen LogP contribution < -0.4 is 4.74 Å². The van der Waals surface area contributed by atoms with E-state index in [2.05, 4.69) is 22.0 Å². The Morgan fingerprint density at radius 3 is 2.73 bits per heavy atom. The predicted octanol–water partition coefficient (Wildman–Crippen LogP) is 2.17. The zero-order valence-corrected chi connectivity index (χ0v) is 9.80. The van der Waals surface area contributed by atoms with Crippen molar-refractivity contribution < 1.29 is 4.74 Å². The highest BCUT2D eigenvalue weighted by atomic mass is 32.2. The van der Waals surface area contributed by atoms with Crippen LogP contribution in [0.25, 0.3) is 0 Å². The summed E-state index contributed by atoms with van der Waals surface area (Å²) < 4.78 is 4.98. The van der Waals surface area contributed by atoms with Crippen LogP contribution in [0.1, 0.15) is 18.5 Å². The van der Waals surface area contributed by atoms with Crippen molar-refractivity contribution in [2.45, 2.75) is 19.3 Å². The molecule has 0 spiro atoms. The molecule has 1 aromatic rings. The van der Waals surface area contributed by atoms with Gasteiger partial charge in [0.2, 0.25) is 5.88 Å². The third-order valence-corrected chi connectivity index (χ3v) is 3.79. The average molecular weight is 224 g/mol. The maximum absolute atomic E-state index is 4.98. The monoisotopic (exact) mass is 224 g/mol. The molecule has 0 amide bonds. The van der Waals surface area contributed by atoms with Crippen LogP contribution in [-0.4, -0.2) is 28.8 Å². The number of methoxy groups -OCH3 is 1. The lowest BCUT2D eigenvalue weighted by atomic mass is 9.97. The normalized spacial score (nSPS) is 17.7. The second kappa shape index (κ2) is 5.35. The Hall–Kier alpha value is -0.770. The van der Waals surface area contributed by atoms with Crippen molar-refractivity contribution in [2.75, 3.05) is 18.6 Å². The smallest absolute Gasteiger partial charge is 0.233 e. The summed E-state index contributed by atoms with van der Waals surface area (Å²) in [5, 5.41) is 8.15. The maximum atomic E-state index is 4.98. The lowest BCUT2D eigenvalue weighted by Crippen LogP contribution is -2.13. The van der Waals surface area contributed by atoms with Crippen LogP contribution in [-0.2, 0) is 6.42 Å². The zero-order valence-electron chi connectivity index (χ0n) is 8.98. The number of aromatic nitrogens is 2. The molecule has 1 aliphatic heterocycles. The van der Waals surface area contributed by atoms with E-state index in [1.165, 1.54) is 24.3 Å². The molecule has 0 aliphatic carbocycles. The molecule has 3 nitrogen and oxygen atoms in total. The van der Waals surface area contributed by atoms with Crippen molar-refractivity contribution in [1.29, 1.82) is 0 Å². The number of ether oxygens (including phenoxy) is 1. The molecule has 82 valence electrons. The molecule has 0 aromatic carbocycles. The van der Waals surface area contributed by atoms with Gasteiger partial charge in [-0.05, 0) is 42.8 Å². The molecule has 1 fully saturated rings. The molecule has 0 bridgehead atoms. The second-order valence-corrected chi connectivity index (χ2v) is 5.05. The van der Waals surface area contributed by atoms with Crippen LogP contribution in [0, 0.1) is 5.92 Å². The minimum atomic E-state index is 0.595. The standard InChI is InChI=1S/C11H16N2OS/c1-14-11-3-2-10(12-13-11)8-9-4-6-15-7-5-9/h2-3,9H,4-8H2,1H3. The highest BCUT2D eigenvalue weighted by Crippen LogP contribution is 2.25. The summed E-state index contributed by atoms with van der Waals surface area (Å²) in [4.78, 5) is 0. The Bertz CT molecular complexity index is 296. The Labute approximate surface area is 94.6 Å². The molecule has 4 heteroatoms. The van der Waals surface area contributed by atoms with Crippen molar-refractivity contribution >= 4 is 11.8 Å². The second-order valence-electron chi connectivity index (χ2n) is 3.83. The van der Waals surface area contributed by atoms with Crippen molar-refractivity contribution in [1.82, 2.24) is 10.2 Å². The summed E-state index contributed by atoms with van der Waals surface area (Å²) >= 11 is 2.06.